The average Bonchev–Trinajstić information content (AvgIpc) is 3.10. The smallest absolute Gasteiger partial charge is 0.233 e. The quantitative estimate of drug-likeness (QED) is 0.557. The van der Waals surface area contributed by atoms with E-state index in [1.807, 2.05) is 13.0 Å². The molecule has 9 heteroatoms. The SMILES string of the molecule is CCc1nc(Nc2cc(C(C)(C)C)[nH]n2)nc(NC(C)c2ccc(F)cc2F)n1. The zero-order valence-electron chi connectivity index (χ0n) is 17.1. The minimum absolute atomic E-state index is 0.0675. The van der Waals surface area contributed by atoms with E-state index in [0.717, 1.165) is 11.8 Å². The summed E-state index contributed by atoms with van der Waals surface area (Å²) in [4.78, 5) is 13.1. The molecule has 2 aromatic heterocycles. The Morgan fingerprint density at radius 2 is 1.79 bits per heavy atom. The highest BCUT2D eigenvalue weighted by molar-refractivity contribution is 5.50. The third-order valence-corrected chi connectivity index (χ3v) is 4.40. The molecule has 1 aromatic carbocycles. The number of H-pyrrole nitrogens is 1. The second kappa shape index (κ2) is 8.10. The van der Waals surface area contributed by atoms with Crippen molar-refractivity contribution in [1.29, 1.82) is 0 Å². The number of halogens is 2. The molecular formula is C20H25F2N7. The van der Waals surface area contributed by atoms with Crippen molar-refractivity contribution in [2.45, 2.75) is 52.5 Å². The number of nitrogens with one attached hydrogen (secondary N) is 3. The predicted octanol–water partition coefficient (Wildman–Crippen LogP) is 4.65. The van der Waals surface area contributed by atoms with Gasteiger partial charge >= 0.3 is 0 Å². The van der Waals surface area contributed by atoms with Gasteiger partial charge in [-0.15, -0.1) is 0 Å². The van der Waals surface area contributed by atoms with Crippen LogP contribution >= 0.6 is 0 Å². The number of aromatic nitrogens is 5. The number of benzene rings is 1. The van der Waals surface area contributed by atoms with E-state index in [9.17, 15) is 8.78 Å². The molecule has 0 saturated carbocycles. The van der Waals surface area contributed by atoms with Crippen LogP contribution in [0.5, 0.6) is 0 Å². The molecule has 7 nitrogen and oxygen atoms in total. The molecule has 1 atom stereocenters. The summed E-state index contributed by atoms with van der Waals surface area (Å²) in [6.45, 7) is 9.93. The second-order valence-electron chi connectivity index (χ2n) is 7.83. The number of anilines is 3. The summed E-state index contributed by atoms with van der Waals surface area (Å²) in [6.07, 6.45) is 0.596. The molecule has 2 heterocycles. The molecule has 0 spiro atoms. The van der Waals surface area contributed by atoms with Gasteiger partial charge in [-0.25, -0.2) is 8.78 Å². The number of aromatic amines is 1. The van der Waals surface area contributed by atoms with Gasteiger partial charge < -0.3 is 10.6 Å². The lowest BCUT2D eigenvalue weighted by Crippen LogP contribution is -2.14. The van der Waals surface area contributed by atoms with Crippen molar-refractivity contribution in [3.8, 4) is 0 Å². The Labute approximate surface area is 168 Å². The van der Waals surface area contributed by atoms with Crippen LogP contribution in [0.15, 0.2) is 24.3 Å². The van der Waals surface area contributed by atoms with Crippen LogP contribution in [-0.4, -0.2) is 25.1 Å². The van der Waals surface area contributed by atoms with Crippen LogP contribution in [0, 0.1) is 11.6 Å². The number of hydrogen-bond acceptors (Lipinski definition) is 6. The number of nitrogens with zero attached hydrogens (tertiary/aromatic N) is 4. The summed E-state index contributed by atoms with van der Waals surface area (Å²) in [7, 11) is 0. The van der Waals surface area contributed by atoms with Gasteiger partial charge in [0.25, 0.3) is 0 Å². The monoisotopic (exact) mass is 401 g/mol. The van der Waals surface area contributed by atoms with Crippen molar-refractivity contribution in [2.75, 3.05) is 10.6 Å². The molecule has 0 aliphatic carbocycles. The molecule has 29 heavy (non-hydrogen) atoms. The van der Waals surface area contributed by atoms with Crippen LogP contribution in [0.4, 0.5) is 26.5 Å². The Kier molecular flexibility index (Phi) is 5.76. The molecule has 3 rings (SSSR count). The van der Waals surface area contributed by atoms with E-state index in [1.165, 1.54) is 12.1 Å². The minimum Gasteiger partial charge on any atom is -0.347 e. The number of aryl methyl sites for hydroxylation is 1. The maximum absolute atomic E-state index is 14.1. The van der Waals surface area contributed by atoms with Crippen molar-refractivity contribution in [3.05, 3.63) is 53.0 Å². The van der Waals surface area contributed by atoms with Crippen LogP contribution < -0.4 is 10.6 Å². The van der Waals surface area contributed by atoms with E-state index in [2.05, 4.69) is 56.6 Å². The van der Waals surface area contributed by atoms with E-state index in [-0.39, 0.29) is 5.41 Å². The number of rotatable bonds is 6. The molecule has 1 unspecified atom stereocenters. The Bertz CT molecular complexity index is 995. The van der Waals surface area contributed by atoms with Crippen LogP contribution in [-0.2, 0) is 11.8 Å². The fourth-order valence-corrected chi connectivity index (χ4v) is 2.71. The first kappa shape index (κ1) is 20.6. The van der Waals surface area contributed by atoms with Crippen LogP contribution in [0.2, 0.25) is 0 Å². The third-order valence-electron chi connectivity index (χ3n) is 4.40. The van der Waals surface area contributed by atoms with Crippen LogP contribution in [0.25, 0.3) is 0 Å². The first-order valence-corrected chi connectivity index (χ1v) is 9.45. The first-order valence-electron chi connectivity index (χ1n) is 9.45. The predicted molar refractivity (Wildman–Crippen MR) is 108 cm³/mol. The van der Waals surface area contributed by atoms with E-state index in [4.69, 9.17) is 0 Å². The van der Waals surface area contributed by atoms with Gasteiger partial charge in [-0.2, -0.15) is 20.1 Å². The highest BCUT2D eigenvalue weighted by atomic mass is 19.1. The maximum Gasteiger partial charge on any atom is 0.233 e. The molecule has 0 fully saturated rings. The van der Waals surface area contributed by atoms with Gasteiger partial charge in [0.05, 0.1) is 6.04 Å². The summed E-state index contributed by atoms with van der Waals surface area (Å²) < 4.78 is 27.2. The third kappa shape index (κ3) is 5.04. The largest absolute Gasteiger partial charge is 0.347 e. The van der Waals surface area contributed by atoms with Gasteiger partial charge in [0, 0.05) is 35.2 Å². The van der Waals surface area contributed by atoms with Crippen molar-refractivity contribution in [3.63, 3.8) is 0 Å². The number of hydrogen-bond donors (Lipinski definition) is 3. The van der Waals surface area contributed by atoms with Gasteiger partial charge in [0.1, 0.15) is 17.5 Å². The normalized spacial score (nSPS) is 12.7. The molecule has 0 aliphatic heterocycles. The summed E-state index contributed by atoms with van der Waals surface area (Å²) in [5.74, 6) is 0.543. The molecule has 0 bridgehead atoms. The van der Waals surface area contributed by atoms with Gasteiger partial charge in [-0.05, 0) is 13.0 Å². The standard InChI is InChI=1S/C20H25F2N7/c1-6-16-24-18(23-11(2)13-8-7-12(21)9-14(13)22)27-19(25-16)26-17-10-15(28-29-17)20(3,4)5/h7-11H,6H2,1-5H3,(H3,23,24,25,26,27,28,29). The topological polar surface area (TPSA) is 91.4 Å². The molecule has 0 radical (unpaired) electrons. The van der Waals surface area contributed by atoms with Gasteiger partial charge in [0.15, 0.2) is 5.82 Å². The van der Waals surface area contributed by atoms with Gasteiger partial charge in [-0.3, -0.25) is 5.10 Å². The van der Waals surface area contributed by atoms with E-state index >= 15 is 0 Å². The minimum atomic E-state index is -0.626. The average molecular weight is 401 g/mol. The lowest BCUT2D eigenvalue weighted by atomic mass is 9.92. The van der Waals surface area contributed by atoms with Crippen LogP contribution in [0.3, 0.4) is 0 Å². The van der Waals surface area contributed by atoms with Crippen molar-refractivity contribution < 1.29 is 8.78 Å². The van der Waals surface area contributed by atoms with Gasteiger partial charge in [-0.1, -0.05) is 33.8 Å². The zero-order valence-corrected chi connectivity index (χ0v) is 17.1. The fourth-order valence-electron chi connectivity index (χ4n) is 2.71. The molecule has 3 aromatic rings. The lowest BCUT2D eigenvalue weighted by molar-refractivity contribution is 0.565. The van der Waals surface area contributed by atoms with Crippen molar-refractivity contribution >= 4 is 17.7 Å². The highest BCUT2D eigenvalue weighted by Gasteiger charge is 2.18. The summed E-state index contributed by atoms with van der Waals surface area (Å²) in [5, 5.41) is 13.4. The molecule has 0 saturated heterocycles. The Morgan fingerprint density at radius 3 is 2.41 bits per heavy atom. The Balaban J connectivity index is 1.82. The van der Waals surface area contributed by atoms with Gasteiger partial charge in [0.2, 0.25) is 11.9 Å². The summed E-state index contributed by atoms with van der Waals surface area (Å²) >= 11 is 0. The maximum atomic E-state index is 14.1. The molecule has 0 amide bonds. The van der Waals surface area contributed by atoms with Crippen molar-refractivity contribution in [1.82, 2.24) is 25.1 Å². The van der Waals surface area contributed by atoms with E-state index in [1.54, 1.807) is 6.92 Å². The molecule has 154 valence electrons. The molecule has 0 aliphatic rings. The summed E-state index contributed by atoms with van der Waals surface area (Å²) in [5.41, 5.74) is 1.23. The van der Waals surface area contributed by atoms with Crippen molar-refractivity contribution in [2.24, 2.45) is 0 Å². The lowest BCUT2D eigenvalue weighted by Gasteiger charge is -2.16. The Hall–Kier alpha value is -3.10. The molecular weight excluding hydrogens is 376 g/mol. The van der Waals surface area contributed by atoms with Crippen LogP contribution in [0.1, 0.15) is 57.7 Å². The summed E-state index contributed by atoms with van der Waals surface area (Å²) in [6, 6.07) is 4.92. The highest BCUT2D eigenvalue weighted by Crippen LogP contribution is 2.24. The second-order valence-corrected chi connectivity index (χ2v) is 7.83. The molecule has 3 N–H and O–H groups in total. The first-order chi connectivity index (χ1) is 13.7. The zero-order chi connectivity index (χ0) is 21.2. The van der Waals surface area contributed by atoms with E-state index < -0.39 is 17.7 Å². The van der Waals surface area contributed by atoms with E-state index in [0.29, 0.717) is 35.5 Å². The fraction of sp³-hybridized carbons (Fsp3) is 0.400. The Morgan fingerprint density at radius 1 is 1.07 bits per heavy atom.